The summed E-state index contributed by atoms with van der Waals surface area (Å²) in [5, 5.41) is 3.15. The zero-order valence-corrected chi connectivity index (χ0v) is 11.0. The lowest BCUT2D eigenvalue weighted by Crippen LogP contribution is -2.30. The van der Waals surface area contributed by atoms with E-state index in [0.717, 1.165) is 37.8 Å². The Balaban J connectivity index is 2.06. The number of nitrogens with one attached hydrogen (secondary N) is 1. The number of amides is 1. The van der Waals surface area contributed by atoms with E-state index in [4.69, 9.17) is 5.73 Å². The van der Waals surface area contributed by atoms with E-state index < -0.39 is 0 Å². The van der Waals surface area contributed by atoms with Crippen molar-refractivity contribution in [3.05, 3.63) is 29.3 Å². The van der Waals surface area contributed by atoms with Crippen molar-refractivity contribution in [1.29, 1.82) is 0 Å². The molecule has 1 aliphatic rings. The Bertz CT molecular complexity index is 429. The minimum Gasteiger partial charge on any atom is -0.399 e. The number of benzene rings is 1. The first-order valence-corrected chi connectivity index (χ1v) is 6.88. The van der Waals surface area contributed by atoms with E-state index in [9.17, 15) is 4.79 Å². The van der Waals surface area contributed by atoms with E-state index in [-0.39, 0.29) is 11.9 Å². The van der Waals surface area contributed by atoms with Crippen LogP contribution in [0.3, 0.4) is 0 Å². The third kappa shape index (κ3) is 3.03. The molecule has 1 atom stereocenters. The van der Waals surface area contributed by atoms with Crippen molar-refractivity contribution >= 4 is 11.6 Å². The number of unbranched alkanes of at least 4 members (excludes halogenated alkanes) is 1. The number of hydrogen-bond donors (Lipinski definition) is 2. The number of hydrogen-bond acceptors (Lipinski definition) is 2. The highest BCUT2D eigenvalue weighted by Gasteiger charge is 2.21. The predicted molar refractivity (Wildman–Crippen MR) is 74.2 cm³/mol. The van der Waals surface area contributed by atoms with Gasteiger partial charge in [-0.2, -0.15) is 0 Å². The highest BCUT2D eigenvalue weighted by molar-refractivity contribution is 5.76. The van der Waals surface area contributed by atoms with Crippen molar-refractivity contribution in [2.45, 2.75) is 51.5 Å². The van der Waals surface area contributed by atoms with E-state index in [1.165, 1.54) is 11.1 Å². The van der Waals surface area contributed by atoms with Gasteiger partial charge in [0.2, 0.25) is 5.91 Å². The molecule has 1 aliphatic carbocycles. The molecule has 3 N–H and O–H groups in total. The number of aryl methyl sites for hydroxylation is 1. The van der Waals surface area contributed by atoms with Gasteiger partial charge in [-0.05, 0) is 48.9 Å². The second kappa shape index (κ2) is 5.89. The van der Waals surface area contributed by atoms with Crippen molar-refractivity contribution in [2.24, 2.45) is 0 Å². The van der Waals surface area contributed by atoms with Crippen molar-refractivity contribution < 1.29 is 4.79 Å². The number of nitrogens with two attached hydrogens (primary N) is 1. The lowest BCUT2D eigenvalue weighted by molar-refractivity contribution is -0.122. The zero-order chi connectivity index (χ0) is 13.0. The van der Waals surface area contributed by atoms with Crippen LogP contribution in [-0.2, 0) is 11.2 Å². The summed E-state index contributed by atoms with van der Waals surface area (Å²) in [4.78, 5) is 11.8. The molecule has 0 bridgehead atoms. The molecular weight excluding hydrogens is 224 g/mol. The Hall–Kier alpha value is -1.51. The molecule has 2 rings (SSSR count). The molecule has 0 saturated heterocycles. The topological polar surface area (TPSA) is 55.1 Å². The molecule has 1 aromatic carbocycles. The van der Waals surface area contributed by atoms with Crippen LogP contribution in [0.4, 0.5) is 5.69 Å². The van der Waals surface area contributed by atoms with Gasteiger partial charge in [-0.15, -0.1) is 0 Å². The number of fused-ring (bicyclic) bond motifs is 1. The van der Waals surface area contributed by atoms with Gasteiger partial charge >= 0.3 is 0 Å². The fraction of sp³-hybridized carbons (Fsp3) is 0.533. The third-order valence-corrected chi connectivity index (χ3v) is 3.57. The van der Waals surface area contributed by atoms with Gasteiger partial charge in [-0.25, -0.2) is 0 Å². The molecule has 0 fully saturated rings. The fourth-order valence-electron chi connectivity index (χ4n) is 2.59. The maximum Gasteiger partial charge on any atom is 0.220 e. The molecule has 0 aliphatic heterocycles. The summed E-state index contributed by atoms with van der Waals surface area (Å²) in [5.41, 5.74) is 9.16. The minimum atomic E-state index is 0.173. The average molecular weight is 246 g/mol. The van der Waals surface area contributed by atoms with Crippen molar-refractivity contribution in [3.63, 3.8) is 0 Å². The molecule has 18 heavy (non-hydrogen) atoms. The Morgan fingerprint density at radius 1 is 1.50 bits per heavy atom. The highest BCUT2D eigenvalue weighted by atomic mass is 16.1. The Morgan fingerprint density at radius 3 is 3.11 bits per heavy atom. The van der Waals surface area contributed by atoms with Gasteiger partial charge in [0.25, 0.3) is 0 Å². The second-order valence-electron chi connectivity index (χ2n) is 5.07. The van der Waals surface area contributed by atoms with Crippen LogP contribution < -0.4 is 11.1 Å². The molecular formula is C15H22N2O. The molecule has 0 saturated carbocycles. The summed E-state index contributed by atoms with van der Waals surface area (Å²) >= 11 is 0. The fourth-order valence-corrected chi connectivity index (χ4v) is 2.59. The van der Waals surface area contributed by atoms with Crippen molar-refractivity contribution in [3.8, 4) is 0 Å². The lowest BCUT2D eigenvalue weighted by Gasteiger charge is -2.26. The molecule has 0 spiro atoms. The Labute approximate surface area is 109 Å². The summed E-state index contributed by atoms with van der Waals surface area (Å²) < 4.78 is 0. The van der Waals surface area contributed by atoms with Crippen LogP contribution in [-0.4, -0.2) is 5.91 Å². The van der Waals surface area contributed by atoms with E-state index in [2.05, 4.69) is 18.3 Å². The zero-order valence-electron chi connectivity index (χ0n) is 11.0. The van der Waals surface area contributed by atoms with Crippen LogP contribution in [0.5, 0.6) is 0 Å². The van der Waals surface area contributed by atoms with Crippen LogP contribution in [0, 0.1) is 0 Å². The van der Waals surface area contributed by atoms with Crippen molar-refractivity contribution in [1.82, 2.24) is 5.32 Å². The highest BCUT2D eigenvalue weighted by Crippen LogP contribution is 2.30. The minimum absolute atomic E-state index is 0.173. The SMILES string of the molecule is CCCCC(=O)NC1CCCc2cc(N)ccc21. The molecule has 1 amide bonds. The van der Waals surface area contributed by atoms with Gasteiger partial charge < -0.3 is 11.1 Å². The number of nitrogen functional groups attached to an aromatic ring is 1. The molecule has 0 radical (unpaired) electrons. The van der Waals surface area contributed by atoms with Crippen molar-refractivity contribution in [2.75, 3.05) is 5.73 Å². The smallest absolute Gasteiger partial charge is 0.220 e. The largest absolute Gasteiger partial charge is 0.399 e. The first-order chi connectivity index (χ1) is 8.70. The number of rotatable bonds is 4. The normalized spacial score (nSPS) is 18.2. The van der Waals surface area contributed by atoms with Gasteiger partial charge in [0.15, 0.2) is 0 Å². The quantitative estimate of drug-likeness (QED) is 0.802. The summed E-state index contributed by atoms with van der Waals surface area (Å²) in [5.74, 6) is 0.173. The van der Waals surface area contributed by atoms with Gasteiger partial charge in [-0.1, -0.05) is 19.4 Å². The molecule has 3 heteroatoms. The van der Waals surface area contributed by atoms with Gasteiger partial charge in [-0.3, -0.25) is 4.79 Å². The molecule has 0 aromatic heterocycles. The molecule has 1 unspecified atom stereocenters. The van der Waals surface area contributed by atoms with Crippen LogP contribution in [0.1, 0.15) is 56.2 Å². The summed E-state index contributed by atoms with van der Waals surface area (Å²) in [6, 6.07) is 6.21. The van der Waals surface area contributed by atoms with Gasteiger partial charge in [0, 0.05) is 12.1 Å². The summed E-state index contributed by atoms with van der Waals surface area (Å²) in [6.07, 6.45) is 5.89. The third-order valence-electron chi connectivity index (χ3n) is 3.57. The Kier molecular flexibility index (Phi) is 4.24. The summed E-state index contributed by atoms with van der Waals surface area (Å²) in [6.45, 7) is 2.10. The van der Waals surface area contributed by atoms with Crippen LogP contribution in [0.15, 0.2) is 18.2 Å². The maximum absolute atomic E-state index is 11.8. The van der Waals surface area contributed by atoms with Crippen LogP contribution in [0.25, 0.3) is 0 Å². The molecule has 98 valence electrons. The van der Waals surface area contributed by atoms with Crippen LogP contribution in [0.2, 0.25) is 0 Å². The van der Waals surface area contributed by atoms with Gasteiger partial charge in [0.05, 0.1) is 6.04 Å². The van der Waals surface area contributed by atoms with Gasteiger partial charge in [0.1, 0.15) is 0 Å². The summed E-state index contributed by atoms with van der Waals surface area (Å²) in [7, 11) is 0. The van der Waals surface area contributed by atoms with E-state index in [0.29, 0.717) is 6.42 Å². The predicted octanol–water partition coefficient (Wildman–Crippen LogP) is 2.95. The molecule has 3 nitrogen and oxygen atoms in total. The Morgan fingerprint density at radius 2 is 2.33 bits per heavy atom. The number of anilines is 1. The first-order valence-electron chi connectivity index (χ1n) is 6.88. The standard InChI is InChI=1S/C15H22N2O/c1-2-3-7-15(18)17-14-6-4-5-11-10-12(16)8-9-13(11)14/h8-10,14H,2-7,16H2,1H3,(H,17,18). The van der Waals surface area contributed by atoms with Crippen LogP contribution >= 0.6 is 0 Å². The average Bonchev–Trinajstić information content (AvgIpc) is 2.36. The maximum atomic E-state index is 11.8. The molecule has 1 aromatic rings. The molecule has 0 heterocycles. The monoisotopic (exact) mass is 246 g/mol. The second-order valence-corrected chi connectivity index (χ2v) is 5.07. The van der Waals surface area contributed by atoms with E-state index in [1.54, 1.807) is 0 Å². The lowest BCUT2D eigenvalue weighted by atomic mass is 9.87. The number of carbonyl (C=O) groups excluding carboxylic acids is 1. The van der Waals surface area contributed by atoms with E-state index in [1.807, 2.05) is 12.1 Å². The number of carbonyl (C=O) groups is 1. The first kappa shape index (κ1) is 12.9. The van der Waals surface area contributed by atoms with E-state index >= 15 is 0 Å².